The van der Waals surface area contributed by atoms with Gasteiger partial charge in [-0.05, 0) is 18.6 Å². The molecule has 0 heterocycles. The Kier molecular flexibility index (Phi) is 4.28. The van der Waals surface area contributed by atoms with Crippen LogP contribution in [0.4, 0.5) is 0 Å². The molecule has 0 bridgehead atoms. The van der Waals surface area contributed by atoms with Crippen molar-refractivity contribution in [3.8, 4) is 12.3 Å². The first-order chi connectivity index (χ1) is 6.66. The molecule has 1 aromatic rings. The van der Waals surface area contributed by atoms with Crippen LogP contribution in [0.3, 0.4) is 0 Å². The molecule has 0 aliphatic rings. The van der Waals surface area contributed by atoms with E-state index in [9.17, 15) is 0 Å². The highest BCUT2D eigenvalue weighted by molar-refractivity contribution is 6.36. The van der Waals surface area contributed by atoms with E-state index in [0.29, 0.717) is 22.9 Å². The third-order valence-electron chi connectivity index (χ3n) is 1.97. The fourth-order valence-corrected chi connectivity index (χ4v) is 1.93. The molecule has 0 fully saturated rings. The molecule has 14 heavy (non-hydrogen) atoms. The van der Waals surface area contributed by atoms with Crippen molar-refractivity contribution >= 4 is 23.2 Å². The molecule has 0 aromatic heterocycles. The molecule has 0 aliphatic heterocycles. The zero-order valence-corrected chi connectivity index (χ0v) is 9.15. The summed E-state index contributed by atoms with van der Waals surface area (Å²) >= 11 is 12.0. The summed E-state index contributed by atoms with van der Waals surface area (Å²) in [6.07, 6.45) is 6.48. The van der Waals surface area contributed by atoms with Crippen LogP contribution in [0.5, 0.6) is 0 Å². The molecular weight excluding hydrogens is 217 g/mol. The lowest BCUT2D eigenvalue weighted by molar-refractivity contribution is 0.668. The summed E-state index contributed by atoms with van der Waals surface area (Å²) in [6, 6.07) is 5.16. The summed E-state index contributed by atoms with van der Waals surface area (Å²) in [7, 11) is 0. The molecular formula is C11H11Cl2N. The number of hydrogen-bond acceptors (Lipinski definition) is 1. The Balaban J connectivity index is 2.89. The smallest absolute Gasteiger partial charge is 0.0468 e. The van der Waals surface area contributed by atoms with Gasteiger partial charge in [0.1, 0.15) is 0 Å². The number of hydrogen-bond donors (Lipinski definition) is 1. The second-order valence-electron chi connectivity index (χ2n) is 2.98. The molecule has 1 atom stereocenters. The Morgan fingerprint density at radius 3 is 2.43 bits per heavy atom. The van der Waals surface area contributed by atoms with E-state index >= 15 is 0 Å². The topological polar surface area (TPSA) is 26.0 Å². The molecule has 0 saturated carbocycles. The number of benzene rings is 1. The summed E-state index contributed by atoms with van der Waals surface area (Å²) in [5.74, 6) is 2.54. The fourth-order valence-electron chi connectivity index (χ4n) is 1.25. The first-order valence-corrected chi connectivity index (χ1v) is 5.05. The molecule has 1 aromatic carbocycles. The average Bonchev–Trinajstić information content (AvgIpc) is 2.14. The Bertz CT molecular complexity index is 335. The van der Waals surface area contributed by atoms with E-state index in [1.54, 1.807) is 18.2 Å². The van der Waals surface area contributed by atoms with E-state index in [-0.39, 0.29) is 6.04 Å². The molecule has 2 N–H and O–H groups in total. The van der Waals surface area contributed by atoms with Gasteiger partial charge in [-0.2, -0.15) is 0 Å². The number of halogens is 2. The van der Waals surface area contributed by atoms with Gasteiger partial charge >= 0.3 is 0 Å². The third kappa shape index (κ3) is 2.65. The maximum atomic E-state index is 5.99. The predicted molar refractivity (Wildman–Crippen MR) is 61.5 cm³/mol. The van der Waals surface area contributed by atoms with Gasteiger partial charge in [0.15, 0.2) is 0 Å². The van der Waals surface area contributed by atoms with Crippen molar-refractivity contribution in [2.75, 3.05) is 0 Å². The van der Waals surface area contributed by atoms with Crippen molar-refractivity contribution in [1.29, 1.82) is 0 Å². The van der Waals surface area contributed by atoms with E-state index in [2.05, 4.69) is 5.92 Å². The van der Waals surface area contributed by atoms with Gasteiger partial charge < -0.3 is 5.73 Å². The van der Waals surface area contributed by atoms with Crippen LogP contribution < -0.4 is 5.73 Å². The van der Waals surface area contributed by atoms with Crippen molar-refractivity contribution in [3.05, 3.63) is 33.8 Å². The molecule has 1 nitrogen and oxygen atoms in total. The average molecular weight is 228 g/mol. The Hall–Kier alpha value is -0.680. The molecule has 1 unspecified atom stereocenters. The lowest BCUT2D eigenvalue weighted by Gasteiger charge is -2.13. The van der Waals surface area contributed by atoms with Gasteiger partial charge in [0.25, 0.3) is 0 Å². The van der Waals surface area contributed by atoms with Crippen LogP contribution in [0, 0.1) is 12.3 Å². The number of rotatable bonds is 3. The molecule has 0 amide bonds. The molecule has 0 spiro atoms. The van der Waals surface area contributed by atoms with Crippen LogP contribution in [0.15, 0.2) is 18.2 Å². The van der Waals surface area contributed by atoms with Crippen LogP contribution in [-0.2, 0) is 0 Å². The van der Waals surface area contributed by atoms with Crippen molar-refractivity contribution < 1.29 is 0 Å². The van der Waals surface area contributed by atoms with Gasteiger partial charge in [0.05, 0.1) is 0 Å². The first kappa shape index (κ1) is 11.4. The standard InChI is InChI=1S/C11H11Cl2N/c1-2-3-7-10(14)11-8(12)5-4-6-9(11)13/h1,4-6,10H,3,7,14H2. The Morgan fingerprint density at radius 2 is 1.93 bits per heavy atom. The quantitative estimate of drug-likeness (QED) is 0.788. The summed E-state index contributed by atoms with van der Waals surface area (Å²) in [4.78, 5) is 0. The molecule has 0 saturated heterocycles. The van der Waals surface area contributed by atoms with Gasteiger partial charge in [0.2, 0.25) is 0 Å². The van der Waals surface area contributed by atoms with Crippen molar-refractivity contribution in [2.45, 2.75) is 18.9 Å². The summed E-state index contributed by atoms with van der Waals surface area (Å²) in [5.41, 5.74) is 6.70. The summed E-state index contributed by atoms with van der Waals surface area (Å²) < 4.78 is 0. The normalized spacial score (nSPS) is 12.1. The minimum absolute atomic E-state index is 0.188. The maximum Gasteiger partial charge on any atom is 0.0468 e. The first-order valence-electron chi connectivity index (χ1n) is 4.29. The molecule has 74 valence electrons. The maximum absolute atomic E-state index is 5.99. The Morgan fingerprint density at radius 1 is 1.36 bits per heavy atom. The van der Waals surface area contributed by atoms with Crippen molar-refractivity contribution in [2.24, 2.45) is 5.73 Å². The van der Waals surface area contributed by atoms with Gasteiger partial charge in [0, 0.05) is 28.1 Å². The van der Waals surface area contributed by atoms with Gasteiger partial charge in [-0.3, -0.25) is 0 Å². The molecule has 0 radical (unpaired) electrons. The molecule has 1 rings (SSSR count). The van der Waals surface area contributed by atoms with E-state index in [1.165, 1.54) is 0 Å². The largest absolute Gasteiger partial charge is 0.324 e. The summed E-state index contributed by atoms with van der Waals surface area (Å²) in [6.45, 7) is 0. The minimum atomic E-state index is -0.188. The van der Waals surface area contributed by atoms with E-state index < -0.39 is 0 Å². The van der Waals surface area contributed by atoms with Crippen LogP contribution in [0.25, 0.3) is 0 Å². The number of terminal acetylenes is 1. The zero-order valence-electron chi connectivity index (χ0n) is 7.63. The lowest BCUT2D eigenvalue weighted by Crippen LogP contribution is -2.11. The fraction of sp³-hybridized carbons (Fsp3) is 0.273. The van der Waals surface area contributed by atoms with Gasteiger partial charge in [-0.1, -0.05) is 29.3 Å². The SMILES string of the molecule is C#CCCC(N)c1c(Cl)cccc1Cl. The second kappa shape index (κ2) is 5.26. The van der Waals surface area contributed by atoms with Crippen LogP contribution in [0.2, 0.25) is 10.0 Å². The zero-order chi connectivity index (χ0) is 10.6. The van der Waals surface area contributed by atoms with E-state index in [1.807, 2.05) is 0 Å². The second-order valence-corrected chi connectivity index (χ2v) is 3.80. The predicted octanol–water partition coefficient (Wildman–Crippen LogP) is 3.41. The van der Waals surface area contributed by atoms with Crippen LogP contribution >= 0.6 is 23.2 Å². The van der Waals surface area contributed by atoms with Gasteiger partial charge in [-0.25, -0.2) is 0 Å². The highest BCUT2D eigenvalue weighted by Crippen LogP contribution is 2.30. The van der Waals surface area contributed by atoms with E-state index in [4.69, 9.17) is 35.4 Å². The highest BCUT2D eigenvalue weighted by Gasteiger charge is 2.12. The Labute approximate surface area is 94.2 Å². The highest BCUT2D eigenvalue weighted by atomic mass is 35.5. The van der Waals surface area contributed by atoms with Crippen molar-refractivity contribution in [1.82, 2.24) is 0 Å². The van der Waals surface area contributed by atoms with E-state index in [0.717, 1.165) is 5.56 Å². The number of nitrogens with two attached hydrogens (primary N) is 1. The van der Waals surface area contributed by atoms with Crippen LogP contribution in [0.1, 0.15) is 24.4 Å². The van der Waals surface area contributed by atoms with Crippen molar-refractivity contribution in [3.63, 3.8) is 0 Å². The molecule has 0 aliphatic carbocycles. The minimum Gasteiger partial charge on any atom is -0.324 e. The third-order valence-corrected chi connectivity index (χ3v) is 2.63. The van der Waals surface area contributed by atoms with Crippen LogP contribution in [-0.4, -0.2) is 0 Å². The van der Waals surface area contributed by atoms with Gasteiger partial charge in [-0.15, -0.1) is 12.3 Å². The summed E-state index contributed by atoms with van der Waals surface area (Å²) in [5, 5.41) is 1.20. The lowest BCUT2D eigenvalue weighted by atomic mass is 10.0. The monoisotopic (exact) mass is 227 g/mol. The molecule has 3 heteroatoms.